The molecule has 2 aromatic carbocycles. The molecule has 0 radical (unpaired) electrons. The minimum absolute atomic E-state index is 0.209. The second kappa shape index (κ2) is 9.19. The van der Waals surface area contributed by atoms with Gasteiger partial charge < -0.3 is 19.9 Å². The number of ether oxygens (including phenoxy) is 2. The summed E-state index contributed by atoms with van der Waals surface area (Å²) in [5.41, 5.74) is -0.114. The smallest absolute Gasteiger partial charge is 0.334 e. The lowest BCUT2D eigenvalue weighted by molar-refractivity contribution is -0.150. The van der Waals surface area contributed by atoms with Crippen LogP contribution in [0.25, 0.3) is 0 Å². The molecule has 2 atom stereocenters. The van der Waals surface area contributed by atoms with Crippen molar-refractivity contribution in [3.05, 3.63) is 65.7 Å². The quantitative estimate of drug-likeness (QED) is 0.707. The number of amides is 1. The van der Waals surface area contributed by atoms with Crippen molar-refractivity contribution in [3.63, 3.8) is 0 Å². The van der Waals surface area contributed by atoms with Crippen LogP contribution in [0.5, 0.6) is 5.75 Å². The Labute approximate surface area is 159 Å². The molecule has 6 heteroatoms. The number of carbonyl (C=O) groups is 2. The first kappa shape index (κ1) is 20.5. The summed E-state index contributed by atoms with van der Waals surface area (Å²) in [5, 5.41) is 12.5. The van der Waals surface area contributed by atoms with Crippen LogP contribution in [0, 0.1) is 0 Å². The molecular weight excluding hydrogens is 346 g/mol. The van der Waals surface area contributed by atoms with Crippen LogP contribution < -0.4 is 10.1 Å². The predicted molar refractivity (Wildman–Crippen MR) is 101 cm³/mol. The molecule has 144 valence electrons. The van der Waals surface area contributed by atoms with Crippen molar-refractivity contribution >= 4 is 11.9 Å². The molecule has 2 N–H and O–H groups in total. The van der Waals surface area contributed by atoms with Crippen LogP contribution in [0.3, 0.4) is 0 Å². The molecule has 0 saturated heterocycles. The van der Waals surface area contributed by atoms with Gasteiger partial charge in [0.05, 0.1) is 13.7 Å². The molecule has 0 heterocycles. The maximum Gasteiger partial charge on any atom is 0.334 e. The van der Waals surface area contributed by atoms with Crippen LogP contribution in [-0.2, 0) is 26.5 Å². The first-order valence-corrected chi connectivity index (χ1v) is 8.78. The lowest BCUT2D eigenvalue weighted by atomic mass is 9.87. The van der Waals surface area contributed by atoms with E-state index >= 15 is 0 Å². The Morgan fingerprint density at radius 2 is 1.85 bits per heavy atom. The number of carbonyl (C=O) groups excluding carboxylic acids is 1. The van der Waals surface area contributed by atoms with Crippen LogP contribution in [0.15, 0.2) is 54.6 Å². The van der Waals surface area contributed by atoms with Crippen molar-refractivity contribution in [1.29, 1.82) is 0 Å². The Morgan fingerprint density at radius 3 is 2.44 bits per heavy atom. The summed E-state index contributed by atoms with van der Waals surface area (Å²) in [4.78, 5) is 24.6. The van der Waals surface area contributed by atoms with Gasteiger partial charge >= 0.3 is 5.97 Å². The fourth-order valence-corrected chi connectivity index (χ4v) is 2.79. The highest BCUT2D eigenvalue weighted by molar-refractivity contribution is 5.89. The van der Waals surface area contributed by atoms with Gasteiger partial charge in [-0.25, -0.2) is 4.79 Å². The van der Waals surface area contributed by atoms with Gasteiger partial charge in [0.25, 0.3) is 0 Å². The molecule has 0 spiro atoms. The average Bonchev–Trinajstić information content (AvgIpc) is 2.70. The zero-order chi connectivity index (χ0) is 19.9. The fourth-order valence-electron chi connectivity index (χ4n) is 2.79. The highest BCUT2D eigenvalue weighted by Crippen LogP contribution is 2.26. The van der Waals surface area contributed by atoms with Crippen molar-refractivity contribution in [1.82, 2.24) is 5.32 Å². The molecule has 2 aromatic rings. The number of nitrogens with one attached hydrogen (secondary N) is 1. The Morgan fingerprint density at radius 1 is 1.15 bits per heavy atom. The Balaban J connectivity index is 2.09. The summed E-state index contributed by atoms with van der Waals surface area (Å²) in [6.45, 7) is 3.54. The maximum absolute atomic E-state index is 12.6. The molecule has 0 aliphatic heterocycles. The Hall–Kier alpha value is -2.86. The van der Waals surface area contributed by atoms with E-state index in [0.717, 1.165) is 5.56 Å². The zero-order valence-corrected chi connectivity index (χ0v) is 15.8. The number of methoxy groups -OCH3 is 1. The number of hydrogen-bond acceptors (Lipinski definition) is 4. The van der Waals surface area contributed by atoms with E-state index < -0.39 is 23.5 Å². The van der Waals surface area contributed by atoms with Crippen LogP contribution in [0.2, 0.25) is 0 Å². The van der Waals surface area contributed by atoms with Crippen LogP contribution >= 0.6 is 0 Å². The zero-order valence-electron chi connectivity index (χ0n) is 15.8. The Bertz CT molecular complexity index is 777. The minimum Gasteiger partial charge on any atom is -0.497 e. The topological polar surface area (TPSA) is 84.9 Å². The monoisotopic (exact) mass is 371 g/mol. The van der Waals surface area contributed by atoms with E-state index in [-0.39, 0.29) is 13.0 Å². The molecule has 0 aromatic heterocycles. The average molecular weight is 371 g/mol. The number of carboxylic acids is 1. The maximum atomic E-state index is 12.6. The molecule has 2 rings (SSSR count). The van der Waals surface area contributed by atoms with Gasteiger partial charge in [-0.15, -0.1) is 0 Å². The lowest BCUT2D eigenvalue weighted by Crippen LogP contribution is -2.54. The summed E-state index contributed by atoms with van der Waals surface area (Å²) in [7, 11) is 1.58. The second-order valence-corrected chi connectivity index (χ2v) is 6.22. The number of rotatable bonds is 9. The molecule has 27 heavy (non-hydrogen) atoms. The third-order valence-electron chi connectivity index (χ3n) is 4.50. The first-order valence-electron chi connectivity index (χ1n) is 8.78. The van der Waals surface area contributed by atoms with Gasteiger partial charge in [0.1, 0.15) is 11.9 Å². The van der Waals surface area contributed by atoms with Crippen molar-refractivity contribution in [3.8, 4) is 5.75 Å². The highest BCUT2D eigenvalue weighted by atomic mass is 16.5. The van der Waals surface area contributed by atoms with Gasteiger partial charge in [0.15, 0.2) is 5.54 Å². The number of hydrogen-bond donors (Lipinski definition) is 2. The number of aliphatic carboxylic acids is 1. The summed E-state index contributed by atoms with van der Waals surface area (Å²) < 4.78 is 10.8. The fraction of sp³-hybridized carbons (Fsp3) is 0.333. The molecule has 0 aliphatic carbocycles. The molecule has 0 fully saturated rings. The van der Waals surface area contributed by atoms with Crippen molar-refractivity contribution in [2.45, 2.75) is 38.5 Å². The summed E-state index contributed by atoms with van der Waals surface area (Å²) in [6, 6.07) is 16.0. The van der Waals surface area contributed by atoms with Crippen molar-refractivity contribution in [2.24, 2.45) is 0 Å². The van der Waals surface area contributed by atoms with Gasteiger partial charge in [0, 0.05) is 0 Å². The first-order chi connectivity index (χ1) is 12.9. The van der Waals surface area contributed by atoms with E-state index in [0.29, 0.717) is 11.3 Å². The highest BCUT2D eigenvalue weighted by Gasteiger charge is 2.41. The van der Waals surface area contributed by atoms with Gasteiger partial charge in [-0.2, -0.15) is 0 Å². The summed E-state index contributed by atoms with van der Waals surface area (Å²) >= 11 is 0. The van der Waals surface area contributed by atoms with E-state index in [4.69, 9.17) is 9.47 Å². The second-order valence-electron chi connectivity index (χ2n) is 6.22. The molecule has 6 nitrogen and oxygen atoms in total. The Kier molecular flexibility index (Phi) is 6.96. The van der Waals surface area contributed by atoms with Gasteiger partial charge in [-0.3, -0.25) is 4.79 Å². The largest absolute Gasteiger partial charge is 0.497 e. The molecule has 0 saturated carbocycles. The van der Waals surface area contributed by atoms with Gasteiger partial charge in [0.2, 0.25) is 5.91 Å². The minimum atomic E-state index is -1.49. The normalized spacial score (nSPS) is 14.0. The van der Waals surface area contributed by atoms with Crippen molar-refractivity contribution in [2.75, 3.05) is 7.11 Å². The van der Waals surface area contributed by atoms with E-state index in [1.165, 1.54) is 0 Å². The molecule has 2 unspecified atom stereocenters. The lowest BCUT2D eigenvalue weighted by Gasteiger charge is -2.31. The van der Waals surface area contributed by atoms with Gasteiger partial charge in [-0.1, -0.05) is 49.4 Å². The number of benzene rings is 2. The van der Waals surface area contributed by atoms with E-state index in [1.807, 2.05) is 24.3 Å². The predicted octanol–water partition coefficient (Wildman–Crippen LogP) is 3.11. The molecule has 0 aliphatic rings. The summed E-state index contributed by atoms with van der Waals surface area (Å²) in [6.07, 6.45) is -0.606. The third kappa shape index (κ3) is 4.86. The van der Waals surface area contributed by atoms with Crippen LogP contribution in [-0.4, -0.2) is 30.2 Å². The van der Waals surface area contributed by atoms with Crippen LogP contribution in [0.1, 0.15) is 31.4 Å². The van der Waals surface area contributed by atoms with E-state index in [9.17, 15) is 14.7 Å². The van der Waals surface area contributed by atoms with E-state index in [1.54, 1.807) is 51.3 Å². The molecular formula is C21H25NO5. The standard InChI is InChI=1S/C21H25NO5/c1-4-21(20(24)25,17-10-6-5-7-11-17)22-19(23)15(2)27-14-16-9-8-12-18(13-16)26-3/h5-13,15H,4,14H2,1-3H3,(H,22,23)(H,24,25). The molecule has 1 amide bonds. The third-order valence-corrected chi connectivity index (χ3v) is 4.50. The van der Waals surface area contributed by atoms with Gasteiger partial charge in [-0.05, 0) is 36.6 Å². The number of carboxylic acid groups (broad SMARTS) is 1. The summed E-state index contributed by atoms with van der Waals surface area (Å²) in [5.74, 6) is -0.885. The van der Waals surface area contributed by atoms with Crippen molar-refractivity contribution < 1.29 is 24.2 Å². The molecule has 0 bridgehead atoms. The van der Waals surface area contributed by atoms with E-state index in [2.05, 4.69) is 5.32 Å². The van der Waals surface area contributed by atoms with Crippen LogP contribution in [0.4, 0.5) is 0 Å². The SMILES string of the molecule is CCC(NC(=O)C(C)OCc1cccc(OC)c1)(C(=O)O)c1ccccc1.